The Bertz CT molecular complexity index is 791. The largest absolute Gasteiger partial charge is 0.452 e. The molecule has 1 aliphatic rings. The third kappa shape index (κ3) is 3.19. The highest BCUT2D eigenvalue weighted by atomic mass is 32.1. The predicted octanol–water partition coefficient (Wildman–Crippen LogP) is 4.20. The number of ketones is 1. The van der Waals surface area contributed by atoms with Crippen molar-refractivity contribution in [3.8, 4) is 11.5 Å². The predicted molar refractivity (Wildman–Crippen MR) is 92.6 cm³/mol. The molecule has 0 unspecified atom stereocenters. The Kier molecular flexibility index (Phi) is 4.66. The molecule has 0 saturated heterocycles. The Labute approximate surface area is 144 Å². The molecule has 0 fully saturated rings. The van der Waals surface area contributed by atoms with E-state index in [1.54, 1.807) is 29.2 Å². The number of nitrogens with zero attached hydrogens (tertiary/aromatic N) is 1. The van der Waals surface area contributed by atoms with Gasteiger partial charge in [-0.15, -0.1) is 11.3 Å². The van der Waals surface area contributed by atoms with Crippen LogP contribution in [-0.4, -0.2) is 29.9 Å². The molecule has 3 rings (SSSR count). The fraction of sp³-hybridized carbons (Fsp3) is 0.222. The highest BCUT2D eigenvalue weighted by molar-refractivity contribution is 7.10. The number of benzene rings is 1. The Morgan fingerprint density at radius 3 is 2.75 bits per heavy atom. The number of hydrogen-bond donors (Lipinski definition) is 0. The minimum atomic E-state index is -0.418. The topological polar surface area (TPSA) is 55.8 Å². The van der Waals surface area contributed by atoms with Crippen LogP contribution in [0.1, 0.15) is 29.1 Å². The van der Waals surface area contributed by atoms with Crippen LogP contribution < -0.4 is 9.47 Å². The van der Waals surface area contributed by atoms with Gasteiger partial charge in [-0.3, -0.25) is 4.79 Å². The SMILES string of the molecule is CCN(CC)C(=O)Oc1ccc2c(c1)O/C(=C\c1cccs1)C2=O. The van der Waals surface area contributed by atoms with Gasteiger partial charge in [0.05, 0.1) is 5.56 Å². The van der Waals surface area contributed by atoms with Crippen LogP contribution in [-0.2, 0) is 0 Å². The van der Waals surface area contributed by atoms with E-state index in [0.29, 0.717) is 30.2 Å². The number of allylic oxidation sites excluding steroid dienone is 1. The number of carbonyl (C=O) groups excluding carboxylic acids is 2. The summed E-state index contributed by atoms with van der Waals surface area (Å²) in [5.41, 5.74) is 0.473. The molecule has 0 atom stereocenters. The lowest BCUT2D eigenvalue weighted by Crippen LogP contribution is -2.33. The summed E-state index contributed by atoms with van der Waals surface area (Å²) in [6, 6.07) is 8.63. The van der Waals surface area contributed by atoms with Crippen LogP contribution in [0.25, 0.3) is 6.08 Å². The van der Waals surface area contributed by atoms with Crippen molar-refractivity contribution in [1.29, 1.82) is 0 Å². The second-order valence-corrected chi connectivity index (χ2v) is 6.13. The number of thiophene rings is 1. The van der Waals surface area contributed by atoms with Gasteiger partial charge in [0.25, 0.3) is 0 Å². The molecule has 0 bridgehead atoms. The zero-order valence-corrected chi connectivity index (χ0v) is 14.3. The molecule has 124 valence electrons. The summed E-state index contributed by atoms with van der Waals surface area (Å²) in [6.45, 7) is 4.92. The van der Waals surface area contributed by atoms with Gasteiger partial charge in [-0.2, -0.15) is 0 Å². The van der Waals surface area contributed by atoms with E-state index < -0.39 is 6.09 Å². The van der Waals surface area contributed by atoms with Crippen LogP contribution >= 0.6 is 11.3 Å². The van der Waals surface area contributed by atoms with Crippen molar-refractivity contribution < 1.29 is 19.1 Å². The fourth-order valence-corrected chi connectivity index (χ4v) is 3.03. The van der Waals surface area contributed by atoms with E-state index in [1.807, 2.05) is 31.4 Å². The third-order valence-corrected chi connectivity index (χ3v) is 4.50. The van der Waals surface area contributed by atoms with Gasteiger partial charge in [-0.05, 0) is 37.4 Å². The summed E-state index contributed by atoms with van der Waals surface area (Å²) in [6.07, 6.45) is 1.30. The van der Waals surface area contributed by atoms with Crippen LogP contribution in [0.3, 0.4) is 0 Å². The van der Waals surface area contributed by atoms with Crippen LogP contribution in [0.2, 0.25) is 0 Å². The number of ether oxygens (including phenoxy) is 2. The third-order valence-electron chi connectivity index (χ3n) is 3.68. The molecule has 1 amide bonds. The molecule has 24 heavy (non-hydrogen) atoms. The highest BCUT2D eigenvalue weighted by Gasteiger charge is 2.28. The van der Waals surface area contributed by atoms with Gasteiger partial charge in [-0.25, -0.2) is 4.79 Å². The number of hydrogen-bond acceptors (Lipinski definition) is 5. The first-order chi connectivity index (χ1) is 11.6. The van der Waals surface area contributed by atoms with Gasteiger partial charge >= 0.3 is 6.09 Å². The van der Waals surface area contributed by atoms with Gasteiger partial charge in [0, 0.05) is 30.1 Å². The van der Waals surface area contributed by atoms with E-state index in [1.165, 1.54) is 11.3 Å². The summed E-state index contributed by atoms with van der Waals surface area (Å²) in [5.74, 6) is 0.878. The Hall–Kier alpha value is -2.60. The average molecular weight is 343 g/mol. The van der Waals surface area contributed by atoms with E-state index >= 15 is 0 Å². The van der Waals surface area contributed by atoms with Crippen molar-refractivity contribution in [2.75, 3.05) is 13.1 Å². The molecular formula is C18H17NO4S. The average Bonchev–Trinajstić information content (AvgIpc) is 3.18. The second kappa shape index (κ2) is 6.88. The zero-order chi connectivity index (χ0) is 17.1. The number of amides is 1. The van der Waals surface area contributed by atoms with Gasteiger partial charge in [0.2, 0.25) is 5.78 Å². The minimum Gasteiger partial charge on any atom is -0.452 e. The van der Waals surface area contributed by atoms with Crippen molar-refractivity contribution in [2.45, 2.75) is 13.8 Å². The summed E-state index contributed by atoms with van der Waals surface area (Å²) in [5, 5.41) is 1.93. The van der Waals surface area contributed by atoms with Crippen molar-refractivity contribution in [1.82, 2.24) is 4.90 Å². The van der Waals surface area contributed by atoms with E-state index in [4.69, 9.17) is 9.47 Å². The standard InChI is InChI=1S/C18H17NO4S/c1-3-19(4-2)18(21)22-12-7-8-14-15(10-12)23-16(17(14)20)11-13-6-5-9-24-13/h5-11H,3-4H2,1-2H3/b16-11-. The molecule has 2 aromatic rings. The molecule has 2 heterocycles. The number of rotatable bonds is 4. The molecule has 6 heteroatoms. The lowest BCUT2D eigenvalue weighted by Gasteiger charge is -2.17. The van der Waals surface area contributed by atoms with Gasteiger partial charge in [-0.1, -0.05) is 6.07 Å². The Morgan fingerprint density at radius 2 is 2.08 bits per heavy atom. The number of Topliss-reactive ketones (excluding diaryl/α,β-unsaturated/α-hetero) is 1. The zero-order valence-electron chi connectivity index (χ0n) is 13.4. The van der Waals surface area contributed by atoms with E-state index in [9.17, 15) is 9.59 Å². The normalized spacial score (nSPS) is 14.4. The minimum absolute atomic E-state index is 0.167. The Balaban J connectivity index is 1.79. The first kappa shape index (κ1) is 16.3. The van der Waals surface area contributed by atoms with Crippen LogP contribution in [0, 0.1) is 0 Å². The molecular weight excluding hydrogens is 326 g/mol. The van der Waals surface area contributed by atoms with Crippen molar-refractivity contribution in [2.24, 2.45) is 0 Å². The fourth-order valence-electron chi connectivity index (χ4n) is 2.38. The Morgan fingerprint density at radius 1 is 1.29 bits per heavy atom. The summed E-state index contributed by atoms with van der Waals surface area (Å²) in [7, 11) is 0. The summed E-state index contributed by atoms with van der Waals surface area (Å²) >= 11 is 1.53. The molecule has 1 aliphatic heterocycles. The van der Waals surface area contributed by atoms with Crippen molar-refractivity contribution in [3.05, 3.63) is 51.9 Å². The van der Waals surface area contributed by atoms with Crippen LogP contribution in [0.5, 0.6) is 11.5 Å². The highest BCUT2D eigenvalue weighted by Crippen LogP contribution is 2.35. The smallest absolute Gasteiger partial charge is 0.415 e. The quantitative estimate of drug-likeness (QED) is 0.781. The maximum absolute atomic E-state index is 12.4. The van der Waals surface area contributed by atoms with Crippen LogP contribution in [0.15, 0.2) is 41.5 Å². The second-order valence-electron chi connectivity index (χ2n) is 5.15. The lowest BCUT2D eigenvalue weighted by atomic mass is 10.1. The molecule has 1 aromatic carbocycles. The van der Waals surface area contributed by atoms with E-state index in [0.717, 1.165) is 4.88 Å². The van der Waals surface area contributed by atoms with Gasteiger partial charge in [0.1, 0.15) is 11.5 Å². The molecule has 1 aromatic heterocycles. The monoisotopic (exact) mass is 343 g/mol. The van der Waals surface area contributed by atoms with E-state index in [-0.39, 0.29) is 11.5 Å². The van der Waals surface area contributed by atoms with Crippen molar-refractivity contribution >= 4 is 29.3 Å². The molecule has 0 aliphatic carbocycles. The van der Waals surface area contributed by atoms with Crippen LogP contribution in [0.4, 0.5) is 4.79 Å². The molecule has 5 nitrogen and oxygen atoms in total. The van der Waals surface area contributed by atoms with Gasteiger partial charge in [0.15, 0.2) is 5.76 Å². The van der Waals surface area contributed by atoms with Gasteiger partial charge < -0.3 is 14.4 Å². The molecule has 0 radical (unpaired) electrons. The maximum Gasteiger partial charge on any atom is 0.415 e. The maximum atomic E-state index is 12.4. The van der Waals surface area contributed by atoms with E-state index in [2.05, 4.69) is 0 Å². The number of fused-ring (bicyclic) bond motifs is 1. The summed E-state index contributed by atoms with van der Waals surface area (Å²) < 4.78 is 11.0. The lowest BCUT2D eigenvalue weighted by molar-refractivity contribution is 0.101. The molecule has 0 spiro atoms. The first-order valence-corrected chi connectivity index (χ1v) is 8.59. The number of carbonyl (C=O) groups is 2. The molecule has 0 saturated carbocycles. The van der Waals surface area contributed by atoms with Crippen molar-refractivity contribution in [3.63, 3.8) is 0 Å². The molecule has 0 N–H and O–H groups in total. The first-order valence-electron chi connectivity index (χ1n) is 7.71. The summed E-state index contributed by atoms with van der Waals surface area (Å²) in [4.78, 5) is 26.9.